The van der Waals surface area contributed by atoms with Gasteiger partial charge in [-0.15, -0.1) is 22.7 Å². The molecule has 0 unspecified atom stereocenters. The van der Waals surface area contributed by atoms with Gasteiger partial charge in [-0.3, -0.25) is 0 Å². The summed E-state index contributed by atoms with van der Waals surface area (Å²) in [5.41, 5.74) is 6.62. The average Bonchev–Trinajstić information content (AvgIpc) is 3.84. The number of furan rings is 1. The minimum atomic E-state index is 0.600. The summed E-state index contributed by atoms with van der Waals surface area (Å²) in [7, 11) is 0. The van der Waals surface area contributed by atoms with Gasteiger partial charge in [-0.2, -0.15) is 0 Å². The normalized spacial score (nSPS) is 11.8. The zero-order valence-corrected chi connectivity index (χ0v) is 26.3. The third-order valence-corrected chi connectivity index (χ3v) is 10.9. The molecular weight excluding hydrogens is 617 g/mol. The van der Waals surface area contributed by atoms with E-state index in [9.17, 15) is 0 Å². The van der Waals surface area contributed by atoms with Gasteiger partial charge < -0.3 is 4.42 Å². The van der Waals surface area contributed by atoms with Gasteiger partial charge in [0.2, 0.25) is 0 Å². The van der Waals surface area contributed by atoms with Gasteiger partial charge in [0.25, 0.3) is 0 Å². The zero-order chi connectivity index (χ0) is 30.9. The summed E-state index contributed by atoms with van der Waals surface area (Å²) in [6.45, 7) is 0. The number of hydrogen-bond donors (Lipinski definition) is 0. The molecule has 220 valence electrons. The molecule has 0 saturated carbocycles. The van der Waals surface area contributed by atoms with Crippen LogP contribution < -0.4 is 0 Å². The molecule has 10 aromatic rings. The third kappa shape index (κ3) is 4.28. The maximum atomic E-state index is 6.23. The molecule has 10 rings (SSSR count). The first-order valence-corrected chi connectivity index (χ1v) is 16.9. The van der Waals surface area contributed by atoms with Gasteiger partial charge in [0, 0.05) is 53.2 Å². The Bertz CT molecular complexity index is 2780. The Morgan fingerprint density at radius 1 is 0.447 bits per heavy atom. The predicted molar refractivity (Wildman–Crippen MR) is 195 cm³/mol. The van der Waals surface area contributed by atoms with E-state index in [0.717, 1.165) is 60.1 Å². The largest absolute Gasteiger partial charge is 0.456 e. The Kier molecular flexibility index (Phi) is 5.85. The van der Waals surface area contributed by atoms with Crippen LogP contribution >= 0.6 is 22.7 Å². The van der Waals surface area contributed by atoms with E-state index in [0.29, 0.717) is 17.5 Å². The molecule has 0 N–H and O–H groups in total. The molecule has 47 heavy (non-hydrogen) atoms. The van der Waals surface area contributed by atoms with Crippen LogP contribution in [0.5, 0.6) is 0 Å². The minimum Gasteiger partial charge on any atom is -0.456 e. The van der Waals surface area contributed by atoms with E-state index in [1.807, 2.05) is 60.7 Å². The molecule has 0 radical (unpaired) electrons. The maximum Gasteiger partial charge on any atom is 0.164 e. The van der Waals surface area contributed by atoms with Crippen LogP contribution in [0.3, 0.4) is 0 Å². The van der Waals surface area contributed by atoms with Gasteiger partial charge in [-0.05, 0) is 36.4 Å². The molecule has 0 bridgehead atoms. The fourth-order valence-electron chi connectivity index (χ4n) is 6.40. The van der Waals surface area contributed by atoms with E-state index < -0.39 is 0 Å². The first-order chi connectivity index (χ1) is 23.3. The third-order valence-electron chi connectivity index (χ3n) is 8.59. The van der Waals surface area contributed by atoms with Crippen molar-refractivity contribution >= 4 is 75.0 Å². The lowest BCUT2D eigenvalue weighted by atomic mass is 10.0. The second-order valence-electron chi connectivity index (χ2n) is 11.4. The van der Waals surface area contributed by atoms with E-state index in [1.54, 1.807) is 22.7 Å². The van der Waals surface area contributed by atoms with E-state index >= 15 is 0 Å². The van der Waals surface area contributed by atoms with Crippen molar-refractivity contribution in [3.8, 4) is 44.7 Å². The quantitative estimate of drug-likeness (QED) is 0.192. The average molecular weight is 639 g/mol. The van der Waals surface area contributed by atoms with Gasteiger partial charge in [-0.25, -0.2) is 19.9 Å². The van der Waals surface area contributed by atoms with Crippen molar-refractivity contribution in [2.75, 3.05) is 0 Å². The Morgan fingerprint density at radius 3 is 2.06 bits per heavy atom. The van der Waals surface area contributed by atoms with E-state index in [4.69, 9.17) is 24.4 Å². The lowest BCUT2D eigenvalue weighted by Gasteiger charge is -2.09. The van der Waals surface area contributed by atoms with Crippen LogP contribution in [0.1, 0.15) is 0 Å². The van der Waals surface area contributed by atoms with Gasteiger partial charge in [0.1, 0.15) is 16.2 Å². The molecule has 0 atom stereocenters. The van der Waals surface area contributed by atoms with Crippen LogP contribution in [0, 0.1) is 0 Å². The minimum absolute atomic E-state index is 0.600. The van der Waals surface area contributed by atoms with Crippen molar-refractivity contribution in [3.63, 3.8) is 0 Å². The van der Waals surface area contributed by atoms with Crippen molar-refractivity contribution in [1.29, 1.82) is 0 Å². The second-order valence-corrected chi connectivity index (χ2v) is 13.5. The highest BCUT2D eigenvalue weighted by molar-refractivity contribution is 7.27. The number of aromatic nitrogens is 4. The summed E-state index contributed by atoms with van der Waals surface area (Å²) < 4.78 is 9.81. The van der Waals surface area contributed by atoms with Gasteiger partial charge in [0.15, 0.2) is 17.5 Å². The number of fused-ring (bicyclic) bond motifs is 7. The number of benzene rings is 6. The molecule has 0 saturated heterocycles. The standard InChI is InChI=1S/C40H22N4OS2/c1-2-10-23(11-3-1)37-42-38(24-20-21-26-25-12-4-6-17-31(25)45-32(26)22-24)44-39(43-37)28-14-9-19-34-35(28)27-13-8-15-29(36(27)46-34)40-41-30-16-5-7-18-33(30)47-40/h1-22H. The molecule has 7 heteroatoms. The predicted octanol–water partition coefficient (Wildman–Crippen LogP) is 11.4. The molecule has 0 fully saturated rings. The summed E-state index contributed by atoms with van der Waals surface area (Å²) >= 11 is 3.52. The van der Waals surface area contributed by atoms with Crippen LogP contribution in [-0.4, -0.2) is 19.9 Å². The zero-order valence-electron chi connectivity index (χ0n) is 24.7. The molecule has 4 heterocycles. The Labute approximate surface area is 276 Å². The highest BCUT2D eigenvalue weighted by Crippen LogP contribution is 2.45. The first-order valence-electron chi connectivity index (χ1n) is 15.3. The molecule has 0 aliphatic heterocycles. The SMILES string of the molecule is c1ccc(-c2nc(-c3ccc4c(c3)oc3ccccc34)nc(-c3cccc4sc5c(-c6nc7ccccc7s6)cccc5c34)n2)cc1. The molecular formula is C40H22N4OS2. The number of thiazole rings is 1. The summed E-state index contributed by atoms with van der Waals surface area (Å²) in [5, 5.41) is 5.50. The number of nitrogens with zero attached hydrogens (tertiary/aromatic N) is 4. The number of para-hydroxylation sites is 2. The summed E-state index contributed by atoms with van der Waals surface area (Å²) in [6, 6.07) is 45.6. The summed E-state index contributed by atoms with van der Waals surface area (Å²) in [4.78, 5) is 20.2. The molecule has 0 amide bonds. The van der Waals surface area contributed by atoms with Crippen molar-refractivity contribution in [2.45, 2.75) is 0 Å². The highest BCUT2D eigenvalue weighted by atomic mass is 32.1. The number of hydrogen-bond acceptors (Lipinski definition) is 7. The summed E-state index contributed by atoms with van der Waals surface area (Å²) in [5.74, 6) is 1.86. The fourth-order valence-corrected chi connectivity index (χ4v) is 8.70. The fraction of sp³-hybridized carbons (Fsp3) is 0. The monoisotopic (exact) mass is 638 g/mol. The molecule has 0 aliphatic rings. The summed E-state index contributed by atoms with van der Waals surface area (Å²) in [6.07, 6.45) is 0. The number of thiophene rings is 1. The van der Waals surface area contributed by atoms with Crippen LogP contribution in [0.4, 0.5) is 0 Å². The Balaban J connectivity index is 1.19. The first kappa shape index (κ1) is 26.5. The van der Waals surface area contributed by atoms with E-state index in [1.165, 1.54) is 19.5 Å². The second kappa shape index (κ2) is 10.4. The lowest BCUT2D eigenvalue weighted by molar-refractivity contribution is 0.669. The van der Waals surface area contributed by atoms with Crippen molar-refractivity contribution in [1.82, 2.24) is 19.9 Å². The lowest BCUT2D eigenvalue weighted by Crippen LogP contribution is -2.00. The molecule has 0 aliphatic carbocycles. The molecule has 0 spiro atoms. The highest BCUT2D eigenvalue weighted by Gasteiger charge is 2.20. The van der Waals surface area contributed by atoms with Crippen molar-refractivity contribution in [3.05, 3.63) is 133 Å². The van der Waals surface area contributed by atoms with Gasteiger partial charge in [0.05, 0.1) is 10.2 Å². The molecule has 4 aromatic heterocycles. The Hall–Kier alpha value is -5.76. The van der Waals surface area contributed by atoms with Gasteiger partial charge in [-0.1, -0.05) is 97.1 Å². The van der Waals surface area contributed by atoms with Crippen LogP contribution in [-0.2, 0) is 0 Å². The van der Waals surface area contributed by atoms with Crippen molar-refractivity contribution in [2.24, 2.45) is 0 Å². The van der Waals surface area contributed by atoms with Crippen LogP contribution in [0.25, 0.3) is 97.1 Å². The smallest absolute Gasteiger partial charge is 0.164 e. The van der Waals surface area contributed by atoms with E-state index in [2.05, 4.69) is 72.8 Å². The van der Waals surface area contributed by atoms with Crippen LogP contribution in [0.15, 0.2) is 138 Å². The maximum absolute atomic E-state index is 6.23. The van der Waals surface area contributed by atoms with Crippen LogP contribution in [0.2, 0.25) is 0 Å². The topological polar surface area (TPSA) is 64.7 Å². The van der Waals surface area contributed by atoms with Crippen molar-refractivity contribution < 1.29 is 4.42 Å². The molecule has 5 nitrogen and oxygen atoms in total. The van der Waals surface area contributed by atoms with Gasteiger partial charge >= 0.3 is 0 Å². The van der Waals surface area contributed by atoms with E-state index in [-0.39, 0.29) is 0 Å². The molecule has 6 aromatic carbocycles. The number of rotatable bonds is 4. The Morgan fingerprint density at radius 2 is 1.15 bits per heavy atom.